The van der Waals surface area contributed by atoms with Crippen LogP contribution in [-0.4, -0.2) is 64.7 Å². The third kappa shape index (κ3) is 8.98. The summed E-state index contributed by atoms with van der Waals surface area (Å²) < 4.78 is 65.3. The topological polar surface area (TPSA) is 138 Å². The molecule has 0 saturated carbocycles. The molecule has 0 bridgehead atoms. The first-order valence-electron chi connectivity index (χ1n) is 16.5. The Labute approximate surface area is 298 Å². The van der Waals surface area contributed by atoms with Crippen LogP contribution < -0.4 is 5.32 Å². The van der Waals surface area contributed by atoms with E-state index in [-0.39, 0.29) is 31.9 Å². The molecule has 2 aromatic carbocycles. The maximum Gasteiger partial charge on any atom is 0.408 e. The van der Waals surface area contributed by atoms with Crippen LogP contribution in [0.15, 0.2) is 77.5 Å². The van der Waals surface area contributed by atoms with E-state index < -0.39 is 42.3 Å². The number of ether oxygens (including phenoxy) is 3. The molecule has 0 saturated heterocycles. The van der Waals surface area contributed by atoms with Crippen LogP contribution in [-0.2, 0) is 45.0 Å². The van der Waals surface area contributed by atoms with Gasteiger partial charge in [0.15, 0.2) is 5.89 Å². The van der Waals surface area contributed by atoms with Crippen LogP contribution >= 0.6 is 0 Å². The SMILES string of the molecule is COC(=O)[C@H](Cc1nc(-c2ccc3c(c2)c(CC(C)(C)CO)c(-c2cccnc2[C@H](C)OC)n3CC(F)(F)F)co1)NC(=O)OCc1ccccc1. The van der Waals surface area contributed by atoms with Gasteiger partial charge in [-0.1, -0.05) is 50.2 Å². The highest BCUT2D eigenvalue weighted by molar-refractivity contribution is 5.95. The number of aliphatic hydroxyl groups excluding tert-OH is 1. The Morgan fingerprint density at radius 3 is 2.48 bits per heavy atom. The number of rotatable bonds is 14. The normalized spacial score (nSPS) is 13.2. The number of oxazole rings is 1. The molecule has 11 nitrogen and oxygen atoms in total. The van der Waals surface area contributed by atoms with Crippen LogP contribution in [0.4, 0.5) is 18.0 Å². The molecule has 52 heavy (non-hydrogen) atoms. The van der Waals surface area contributed by atoms with E-state index in [2.05, 4.69) is 15.3 Å². The van der Waals surface area contributed by atoms with Crippen LogP contribution in [0, 0.1) is 5.41 Å². The second-order valence-corrected chi connectivity index (χ2v) is 13.2. The van der Waals surface area contributed by atoms with Crippen molar-refractivity contribution in [2.75, 3.05) is 20.8 Å². The fourth-order valence-electron chi connectivity index (χ4n) is 5.96. The number of alkyl carbamates (subject to hydrolysis) is 1. The summed E-state index contributed by atoms with van der Waals surface area (Å²) in [5.74, 6) is -0.649. The standard InChI is InChI=1S/C38H41F3N4O7/c1-23(49-4)33-26(12-9-15-42-33)34-28(18-37(2,3)22-46)27-16-25(13-14-31(27)45(34)21-38(39,40)41)30-20-51-32(43-30)17-29(35(47)50-5)44-36(48)52-19-24-10-7-6-8-11-24/h6-16,20,23,29,46H,17-19,21-22H2,1-5H3,(H,44,48)/t23-,29-/m0/s1. The highest BCUT2D eigenvalue weighted by Gasteiger charge is 2.34. The van der Waals surface area contributed by atoms with Crippen LogP contribution in [0.3, 0.4) is 0 Å². The Morgan fingerprint density at radius 1 is 1.06 bits per heavy atom. The Bertz CT molecular complexity index is 2010. The largest absolute Gasteiger partial charge is 0.467 e. The Morgan fingerprint density at radius 2 is 1.81 bits per heavy atom. The van der Waals surface area contributed by atoms with Gasteiger partial charge in [0, 0.05) is 41.9 Å². The lowest BCUT2D eigenvalue weighted by Crippen LogP contribution is -2.43. The number of esters is 1. The van der Waals surface area contributed by atoms with Crippen LogP contribution in [0.5, 0.6) is 0 Å². The van der Waals surface area contributed by atoms with Gasteiger partial charge in [-0.3, -0.25) is 4.98 Å². The quantitative estimate of drug-likeness (QED) is 0.114. The molecule has 276 valence electrons. The number of amides is 1. The van der Waals surface area contributed by atoms with E-state index in [0.29, 0.717) is 44.7 Å². The molecule has 2 atom stereocenters. The van der Waals surface area contributed by atoms with Gasteiger partial charge in [-0.05, 0) is 54.2 Å². The highest BCUT2D eigenvalue weighted by atomic mass is 19.4. The van der Waals surface area contributed by atoms with Crippen molar-refractivity contribution in [2.24, 2.45) is 5.41 Å². The summed E-state index contributed by atoms with van der Waals surface area (Å²) in [4.78, 5) is 34.2. The van der Waals surface area contributed by atoms with E-state index in [9.17, 15) is 27.9 Å². The summed E-state index contributed by atoms with van der Waals surface area (Å²) in [5, 5.41) is 13.3. The van der Waals surface area contributed by atoms with Crippen molar-refractivity contribution < 1.29 is 46.5 Å². The smallest absolute Gasteiger partial charge is 0.408 e. The van der Waals surface area contributed by atoms with Gasteiger partial charge in [0.05, 0.1) is 31.0 Å². The number of methoxy groups -OCH3 is 2. The first-order chi connectivity index (χ1) is 24.7. The second kappa shape index (κ2) is 16.0. The van der Waals surface area contributed by atoms with Crippen LogP contribution in [0.2, 0.25) is 0 Å². The number of aromatic nitrogens is 3. The molecule has 0 unspecified atom stereocenters. The van der Waals surface area contributed by atoms with Crippen LogP contribution in [0.25, 0.3) is 33.4 Å². The molecular formula is C38H41F3N4O7. The number of hydrogen-bond donors (Lipinski definition) is 2. The molecule has 0 spiro atoms. The summed E-state index contributed by atoms with van der Waals surface area (Å²) in [6, 6.07) is 16.2. The van der Waals surface area contributed by atoms with Crippen molar-refractivity contribution in [1.82, 2.24) is 19.9 Å². The molecule has 3 heterocycles. The molecular weight excluding hydrogens is 681 g/mol. The summed E-state index contributed by atoms with van der Waals surface area (Å²) >= 11 is 0. The number of hydrogen-bond acceptors (Lipinski definition) is 9. The molecule has 0 radical (unpaired) electrons. The molecule has 5 rings (SSSR count). The molecule has 2 N–H and O–H groups in total. The second-order valence-electron chi connectivity index (χ2n) is 13.2. The van der Waals surface area contributed by atoms with Crippen molar-refractivity contribution in [3.63, 3.8) is 0 Å². The molecule has 0 aliphatic rings. The van der Waals surface area contributed by atoms with E-state index in [0.717, 1.165) is 5.56 Å². The molecule has 0 aliphatic carbocycles. The molecule has 0 fully saturated rings. The number of aliphatic hydroxyl groups is 1. The number of halogens is 3. The highest BCUT2D eigenvalue weighted by Crippen LogP contribution is 2.42. The van der Waals surface area contributed by atoms with Crippen molar-refractivity contribution in [3.05, 3.63) is 95.8 Å². The minimum Gasteiger partial charge on any atom is -0.467 e. The van der Waals surface area contributed by atoms with Gasteiger partial charge >= 0.3 is 18.2 Å². The fraction of sp³-hybridized carbons (Fsp3) is 0.368. The van der Waals surface area contributed by atoms with E-state index >= 15 is 0 Å². The minimum atomic E-state index is -4.56. The predicted molar refractivity (Wildman–Crippen MR) is 186 cm³/mol. The van der Waals surface area contributed by atoms with Gasteiger partial charge in [0.25, 0.3) is 0 Å². The van der Waals surface area contributed by atoms with Crippen molar-refractivity contribution in [1.29, 1.82) is 0 Å². The number of pyridine rings is 1. The lowest BCUT2D eigenvalue weighted by atomic mass is 9.84. The Balaban J connectivity index is 1.54. The zero-order valence-electron chi connectivity index (χ0n) is 29.5. The van der Waals surface area contributed by atoms with Crippen LogP contribution in [0.1, 0.15) is 49.6 Å². The van der Waals surface area contributed by atoms with E-state index in [1.165, 1.54) is 25.0 Å². The molecule has 5 aromatic rings. The van der Waals surface area contributed by atoms with Gasteiger partial charge < -0.3 is 33.6 Å². The number of nitrogens with zero attached hydrogens (tertiary/aromatic N) is 3. The fourth-order valence-corrected chi connectivity index (χ4v) is 5.96. The number of alkyl halides is 3. The maximum absolute atomic E-state index is 14.2. The average molecular weight is 723 g/mol. The third-order valence-electron chi connectivity index (χ3n) is 8.64. The molecule has 3 aromatic heterocycles. The number of fused-ring (bicyclic) bond motifs is 1. The molecule has 1 amide bonds. The lowest BCUT2D eigenvalue weighted by Gasteiger charge is -2.24. The summed E-state index contributed by atoms with van der Waals surface area (Å²) in [6.45, 7) is 3.95. The average Bonchev–Trinajstić information content (AvgIpc) is 3.71. The first kappa shape index (κ1) is 38.0. The van der Waals surface area contributed by atoms with Crippen molar-refractivity contribution in [3.8, 4) is 22.5 Å². The maximum atomic E-state index is 14.2. The van der Waals surface area contributed by atoms with Crippen molar-refractivity contribution >= 4 is 23.0 Å². The minimum absolute atomic E-state index is 0.0103. The van der Waals surface area contributed by atoms with Gasteiger partial charge in [-0.15, -0.1) is 0 Å². The van der Waals surface area contributed by atoms with Gasteiger partial charge in [-0.2, -0.15) is 13.2 Å². The third-order valence-corrected chi connectivity index (χ3v) is 8.64. The van der Waals surface area contributed by atoms with E-state index in [1.54, 1.807) is 67.7 Å². The van der Waals surface area contributed by atoms with Gasteiger partial charge in [-0.25, -0.2) is 14.6 Å². The zero-order valence-corrected chi connectivity index (χ0v) is 29.5. The number of carbonyl (C=O) groups excluding carboxylic acids is 2. The summed E-state index contributed by atoms with van der Waals surface area (Å²) in [6.07, 6.45) is -2.93. The molecule has 14 heteroatoms. The monoisotopic (exact) mass is 722 g/mol. The lowest BCUT2D eigenvalue weighted by molar-refractivity contribution is -0.143. The first-order valence-corrected chi connectivity index (χ1v) is 16.5. The Hall–Kier alpha value is -5.21. The van der Waals surface area contributed by atoms with Gasteiger partial charge in [0.2, 0.25) is 0 Å². The molecule has 0 aliphatic heterocycles. The number of nitrogens with one attached hydrogen (secondary N) is 1. The van der Waals surface area contributed by atoms with E-state index in [4.69, 9.17) is 18.6 Å². The zero-order chi connectivity index (χ0) is 37.6. The number of benzene rings is 2. The van der Waals surface area contributed by atoms with Crippen molar-refractivity contribution in [2.45, 2.75) is 65.1 Å². The predicted octanol–water partition coefficient (Wildman–Crippen LogP) is 7.20. The van der Waals surface area contributed by atoms with E-state index in [1.807, 2.05) is 19.9 Å². The van der Waals surface area contributed by atoms with Gasteiger partial charge in [0.1, 0.15) is 31.2 Å². The number of carbonyl (C=O) groups is 2. The summed E-state index contributed by atoms with van der Waals surface area (Å²) in [5.41, 5.74) is 3.13. The summed E-state index contributed by atoms with van der Waals surface area (Å²) in [7, 11) is 2.69. The Kier molecular flexibility index (Phi) is 11.7.